The van der Waals surface area contributed by atoms with Gasteiger partial charge in [-0.1, -0.05) is 36.4 Å². The van der Waals surface area contributed by atoms with Crippen molar-refractivity contribution in [2.24, 2.45) is 0 Å². The van der Waals surface area contributed by atoms with Crippen LogP contribution in [0.2, 0.25) is 0 Å². The van der Waals surface area contributed by atoms with E-state index in [1.165, 1.54) is 4.90 Å². The fourth-order valence-electron chi connectivity index (χ4n) is 3.49. The van der Waals surface area contributed by atoms with Crippen LogP contribution in [0.3, 0.4) is 0 Å². The lowest BCUT2D eigenvalue weighted by atomic mass is 10.0. The van der Waals surface area contributed by atoms with Crippen molar-refractivity contribution < 1.29 is 19.0 Å². The molecule has 0 spiro atoms. The van der Waals surface area contributed by atoms with E-state index in [1.54, 1.807) is 45.8 Å². The topological polar surface area (TPSA) is 116 Å². The van der Waals surface area contributed by atoms with E-state index < -0.39 is 6.09 Å². The summed E-state index contributed by atoms with van der Waals surface area (Å²) in [6.45, 7) is 0.430. The first-order valence-corrected chi connectivity index (χ1v) is 10.5. The molecule has 0 saturated carbocycles. The molecule has 4 rings (SSSR count). The molecule has 2 aromatic heterocycles. The maximum Gasteiger partial charge on any atom is 0.416 e. The van der Waals surface area contributed by atoms with E-state index in [9.17, 15) is 4.79 Å². The summed E-state index contributed by atoms with van der Waals surface area (Å²) in [5, 5.41) is 0. The zero-order chi connectivity index (χ0) is 24.1. The zero-order valence-corrected chi connectivity index (χ0v) is 19.1. The number of aromatic amines is 1. The van der Waals surface area contributed by atoms with Gasteiger partial charge in [-0.25, -0.2) is 14.8 Å². The van der Waals surface area contributed by atoms with Crippen molar-refractivity contribution in [1.29, 1.82) is 0 Å². The van der Waals surface area contributed by atoms with E-state index in [4.69, 9.17) is 19.9 Å². The van der Waals surface area contributed by atoms with Gasteiger partial charge in [0, 0.05) is 43.2 Å². The quantitative estimate of drug-likeness (QED) is 0.422. The predicted octanol–water partition coefficient (Wildman–Crippen LogP) is 4.37. The van der Waals surface area contributed by atoms with Crippen LogP contribution in [0.1, 0.15) is 5.56 Å². The molecule has 2 heterocycles. The number of carbonyl (C=O) groups is 1. The summed E-state index contributed by atoms with van der Waals surface area (Å²) in [4.78, 5) is 25.6. The van der Waals surface area contributed by atoms with Gasteiger partial charge in [-0.15, -0.1) is 0 Å². The maximum absolute atomic E-state index is 12.5. The van der Waals surface area contributed by atoms with Crippen LogP contribution in [0.5, 0.6) is 17.4 Å². The van der Waals surface area contributed by atoms with Crippen molar-refractivity contribution in [3.63, 3.8) is 0 Å². The number of anilines is 1. The number of nitrogens with zero attached hydrogens (tertiary/aromatic N) is 3. The maximum atomic E-state index is 12.5. The van der Waals surface area contributed by atoms with E-state index in [1.807, 2.05) is 42.5 Å². The van der Waals surface area contributed by atoms with Crippen molar-refractivity contribution in [2.75, 3.05) is 27.0 Å². The van der Waals surface area contributed by atoms with Gasteiger partial charge in [0.15, 0.2) is 11.5 Å². The number of benzene rings is 2. The second kappa shape index (κ2) is 9.95. The van der Waals surface area contributed by atoms with Gasteiger partial charge in [-0.3, -0.25) is 0 Å². The number of nitrogen functional groups attached to an aromatic ring is 1. The normalized spacial score (nSPS) is 10.6. The first kappa shape index (κ1) is 22.7. The molecule has 1 amide bonds. The average Bonchev–Trinajstić information content (AvgIpc) is 3.32. The molecule has 0 unspecified atom stereocenters. The number of ether oxygens (including phenoxy) is 3. The minimum atomic E-state index is -0.487. The Hall–Kier alpha value is -4.53. The third-order valence-corrected chi connectivity index (χ3v) is 5.20. The number of amides is 1. The van der Waals surface area contributed by atoms with Gasteiger partial charge >= 0.3 is 6.09 Å². The average molecular weight is 460 g/mol. The highest BCUT2D eigenvalue weighted by Gasteiger charge is 2.17. The largest absolute Gasteiger partial charge is 0.493 e. The molecule has 174 valence electrons. The molecule has 0 atom stereocenters. The van der Waals surface area contributed by atoms with Crippen LogP contribution in [0.4, 0.5) is 10.7 Å². The summed E-state index contributed by atoms with van der Waals surface area (Å²) in [7, 11) is 4.83. The van der Waals surface area contributed by atoms with Crippen molar-refractivity contribution in [3.05, 3.63) is 72.6 Å². The van der Waals surface area contributed by atoms with Crippen molar-refractivity contribution in [1.82, 2.24) is 19.9 Å². The molecular formula is C25H25N5O4. The number of H-pyrrole nitrogens is 1. The highest BCUT2D eigenvalue weighted by molar-refractivity contribution is 5.82. The van der Waals surface area contributed by atoms with Crippen LogP contribution in [0.25, 0.3) is 22.4 Å². The Labute approximate surface area is 197 Å². The first-order chi connectivity index (χ1) is 16.5. The van der Waals surface area contributed by atoms with Crippen LogP contribution < -0.4 is 19.9 Å². The van der Waals surface area contributed by atoms with Crippen molar-refractivity contribution >= 4 is 12.0 Å². The molecule has 2 aromatic carbocycles. The molecule has 0 saturated heterocycles. The van der Waals surface area contributed by atoms with Gasteiger partial charge in [0.1, 0.15) is 0 Å². The third-order valence-electron chi connectivity index (χ3n) is 5.20. The molecule has 0 radical (unpaired) electrons. The van der Waals surface area contributed by atoms with Gasteiger partial charge in [0.25, 0.3) is 0 Å². The Balaban J connectivity index is 1.58. The monoisotopic (exact) mass is 459 g/mol. The number of carbonyl (C=O) groups excluding carboxylic acids is 1. The van der Waals surface area contributed by atoms with Crippen molar-refractivity contribution in [3.8, 4) is 39.8 Å². The number of nitrogens with one attached hydrogen (secondary N) is 1. The highest BCUT2D eigenvalue weighted by Crippen LogP contribution is 2.37. The summed E-state index contributed by atoms with van der Waals surface area (Å²) in [5.41, 5.74) is 9.69. The number of methoxy groups -OCH3 is 2. The van der Waals surface area contributed by atoms with Gasteiger partial charge in [-0.05, 0) is 23.3 Å². The Morgan fingerprint density at radius 3 is 2.53 bits per heavy atom. The fraction of sp³-hybridized carbons (Fsp3) is 0.160. The minimum Gasteiger partial charge on any atom is -0.493 e. The molecule has 9 heteroatoms. The molecule has 34 heavy (non-hydrogen) atoms. The molecule has 0 fully saturated rings. The number of rotatable bonds is 7. The lowest BCUT2D eigenvalue weighted by Crippen LogP contribution is -2.29. The summed E-state index contributed by atoms with van der Waals surface area (Å²) in [6, 6.07) is 16.9. The smallest absolute Gasteiger partial charge is 0.416 e. The van der Waals surface area contributed by atoms with Crippen LogP contribution in [0.15, 0.2) is 67.0 Å². The highest BCUT2D eigenvalue weighted by atomic mass is 16.6. The van der Waals surface area contributed by atoms with Crippen LogP contribution in [0, 0.1) is 0 Å². The molecule has 0 bridgehead atoms. The second-order valence-corrected chi connectivity index (χ2v) is 7.52. The second-order valence-electron chi connectivity index (χ2n) is 7.52. The zero-order valence-electron chi connectivity index (χ0n) is 19.1. The van der Waals surface area contributed by atoms with E-state index in [2.05, 4.69) is 15.0 Å². The first-order valence-electron chi connectivity index (χ1n) is 10.5. The molecule has 9 nitrogen and oxygen atoms in total. The number of hydrogen-bond acceptors (Lipinski definition) is 7. The van der Waals surface area contributed by atoms with Crippen LogP contribution in [-0.4, -0.2) is 47.2 Å². The Morgan fingerprint density at radius 1 is 1.03 bits per heavy atom. The van der Waals surface area contributed by atoms with Gasteiger partial charge < -0.3 is 29.8 Å². The summed E-state index contributed by atoms with van der Waals surface area (Å²) in [5.74, 6) is 1.60. The van der Waals surface area contributed by atoms with E-state index in [0.29, 0.717) is 29.3 Å². The third kappa shape index (κ3) is 4.93. The fourth-order valence-corrected chi connectivity index (χ4v) is 3.49. The van der Waals surface area contributed by atoms with Gasteiger partial charge in [-0.2, -0.15) is 0 Å². The molecular weight excluding hydrogens is 434 g/mol. The molecule has 0 aliphatic rings. The number of aromatic nitrogens is 3. The molecule has 0 aliphatic carbocycles. The van der Waals surface area contributed by atoms with E-state index in [-0.39, 0.29) is 11.8 Å². The Morgan fingerprint density at radius 2 is 1.79 bits per heavy atom. The predicted molar refractivity (Wildman–Crippen MR) is 129 cm³/mol. The summed E-state index contributed by atoms with van der Waals surface area (Å²) >= 11 is 0. The molecule has 0 aliphatic heterocycles. The standard InChI is InChI=1S/C25H25N5O4/c1-30(15-16-7-5-4-6-8-16)25(31)34-22-12-18(13-27-22)23-19(14-28-24(26)29-23)17-9-10-20(32-2)21(11-17)33-3/h4-14,27H,15H2,1-3H3,(H2,26,28,29). The van der Waals surface area contributed by atoms with E-state index >= 15 is 0 Å². The minimum absolute atomic E-state index is 0.126. The lowest BCUT2D eigenvalue weighted by molar-refractivity contribution is 0.159. The van der Waals surface area contributed by atoms with Gasteiger partial charge in [0.05, 0.1) is 19.9 Å². The number of hydrogen-bond donors (Lipinski definition) is 2. The van der Waals surface area contributed by atoms with Gasteiger partial charge in [0.2, 0.25) is 11.8 Å². The van der Waals surface area contributed by atoms with Crippen molar-refractivity contribution in [2.45, 2.75) is 6.54 Å². The Bertz CT molecular complexity index is 1290. The summed E-state index contributed by atoms with van der Waals surface area (Å²) in [6.07, 6.45) is 2.86. The van der Waals surface area contributed by atoms with Crippen LogP contribution in [-0.2, 0) is 6.54 Å². The Kier molecular flexibility index (Phi) is 6.63. The lowest BCUT2D eigenvalue weighted by Gasteiger charge is -2.16. The van der Waals surface area contributed by atoms with Crippen LogP contribution >= 0.6 is 0 Å². The SMILES string of the molecule is COc1ccc(-c2cnc(N)nc2-c2c[nH]c(OC(=O)N(C)Cc3ccccc3)c2)cc1OC. The molecule has 4 aromatic rings. The molecule has 3 N–H and O–H groups in total. The number of nitrogens with two attached hydrogens (primary N) is 1. The summed E-state index contributed by atoms with van der Waals surface area (Å²) < 4.78 is 16.3. The van der Waals surface area contributed by atoms with E-state index in [0.717, 1.165) is 16.7 Å².